The third kappa shape index (κ3) is 3.55. The van der Waals surface area contributed by atoms with Gasteiger partial charge in [0.2, 0.25) is 0 Å². The molecule has 0 N–H and O–H groups in total. The lowest BCUT2D eigenvalue weighted by atomic mass is 10.1. The molecule has 1 aromatic rings. The lowest BCUT2D eigenvalue weighted by molar-refractivity contribution is 0.0698. The van der Waals surface area contributed by atoms with Crippen LogP contribution in [0.1, 0.15) is 28.2 Å². The highest BCUT2D eigenvalue weighted by Gasteiger charge is 2.22. The Kier molecular flexibility index (Phi) is 5.52. The van der Waals surface area contributed by atoms with E-state index >= 15 is 0 Å². The number of carbonyl (C=O) groups excluding carboxylic acids is 1. The zero-order valence-corrected chi connectivity index (χ0v) is 11.9. The summed E-state index contributed by atoms with van der Waals surface area (Å²) >= 11 is 0. The number of aromatic nitrogens is 2. The normalized spacial score (nSPS) is 10.3. The number of nitriles is 1. The van der Waals surface area contributed by atoms with E-state index in [-0.39, 0.29) is 5.91 Å². The monoisotopic (exact) mass is 264 g/mol. The quantitative estimate of drug-likeness (QED) is 0.769. The lowest BCUT2D eigenvalue weighted by Gasteiger charge is -2.21. The van der Waals surface area contributed by atoms with Gasteiger partial charge in [0.1, 0.15) is 0 Å². The van der Waals surface area contributed by atoms with E-state index in [0.29, 0.717) is 37.4 Å². The summed E-state index contributed by atoms with van der Waals surface area (Å²) in [5.74, 6) is -0.0876. The fourth-order valence-corrected chi connectivity index (χ4v) is 1.94. The number of ether oxygens (including phenoxy) is 1. The number of rotatable bonds is 6. The molecular formula is C13H20N4O2. The molecule has 1 heterocycles. The van der Waals surface area contributed by atoms with E-state index in [2.05, 4.69) is 11.2 Å². The molecule has 19 heavy (non-hydrogen) atoms. The van der Waals surface area contributed by atoms with Crippen LogP contribution in [0.3, 0.4) is 0 Å². The third-order valence-corrected chi connectivity index (χ3v) is 3.07. The van der Waals surface area contributed by atoms with Crippen LogP contribution in [0.15, 0.2) is 0 Å². The Bertz CT molecular complexity index is 488. The minimum atomic E-state index is -0.0876. The topological polar surface area (TPSA) is 71.2 Å². The first-order chi connectivity index (χ1) is 9.02. The first-order valence-corrected chi connectivity index (χ1v) is 6.18. The summed E-state index contributed by atoms with van der Waals surface area (Å²) in [6, 6.07) is 2.06. The molecule has 0 aliphatic rings. The van der Waals surface area contributed by atoms with Crippen LogP contribution in [0.2, 0.25) is 0 Å². The molecule has 104 valence electrons. The number of aryl methyl sites for hydroxylation is 2. The molecule has 6 heteroatoms. The van der Waals surface area contributed by atoms with Gasteiger partial charge in [-0.05, 0) is 13.8 Å². The van der Waals surface area contributed by atoms with Crippen molar-refractivity contribution in [1.82, 2.24) is 14.7 Å². The fourth-order valence-electron chi connectivity index (χ4n) is 1.94. The number of hydrogen-bond donors (Lipinski definition) is 0. The van der Waals surface area contributed by atoms with Crippen LogP contribution in [-0.4, -0.2) is 47.4 Å². The molecule has 0 radical (unpaired) electrons. The predicted molar refractivity (Wildman–Crippen MR) is 70.7 cm³/mol. The average molecular weight is 264 g/mol. The van der Waals surface area contributed by atoms with Gasteiger partial charge in [0, 0.05) is 32.9 Å². The Morgan fingerprint density at radius 3 is 2.63 bits per heavy atom. The Morgan fingerprint density at radius 2 is 2.16 bits per heavy atom. The second-order valence-corrected chi connectivity index (χ2v) is 4.36. The van der Waals surface area contributed by atoms with Crippen molar-refractivity contribution in [3.05, 3.63) is 17.0 Å². The van der Waals surface area contributed by atoms with E-state index in [0.717, 1.165) is 5.69 Å². The number of nitrogens with zero attached hydrogens (tertiary/aromatic N) is 4. The Morgan fingerprint density at radius 1 is 1.47 bits per heavy atom. The molecule has 0 fully saturated rings. The molecule has 0 unspecified atom stereocenters. The highest BCUT2D eigenvalue weighted by molar-refractivity contribution is 5.96. The van der Waals surface area contributed by atoms with Crippen molar-refractivity contribution in [2.75, 3.05) is 26.8 Å². The molecular weight excluding hydrogens is 244 g/mol. The zero-order valence-electron chi connectivity index (χ0n) is 11.9. The summed E-state index contributed by atoms with van der Waals surface area (Å²) in [4.78, 5) is 14.2. The maximum absolute atomic E-state index is 12.5. The summed E-state index contributed by atoms with van der Waals surface area (Å²) in [7, 11) is 3.40. The molecule has 0 spiro atoms. The number of carbonyl (C=O) groups is 1. The average Bonchev–Trinajstić information content (AvgIpc) is 2.63. The second kappa shape index (κ2) is 6.90. The van der Waals surface area contributed by atoms with Crippen LogP contribution in [-0.2, 0) is 11.8 Å². The van der Waals surface area contributed by atoms with Crippen LogP contribution in [0.4, 0.5) is 0 Å². The van der Waals surface area contributed by atoms with Crippen LogP contribution in [0.25, 0.3) is 0 Å². The first kappa shape index (κ1) is 15.2. The zero-order chi connectivity index (χ0) is 14.4. The smallest absolute Gasteiger partial charge is 0.257 e. The number of methoxy groups -OCH3 is 1. The molecule has 0 atom stereocenters. The molecule has 0 aliphatic heterocycles. The van der Waals surface area contributed by atoms with E-state index in [1.165, 1.54) is 0 Å². The summed E-state index contributed by atoms with van der Waals surface area (Å²) in [5, 5.41) is 12.9. The molecule has 0 saturated heterocycles. The number of amides is 1. The molecule has 0 aromatic carbocycles. The van der Waals surface area contributed by atoms with E-state index in [4.69, 9.17) is 10.00 Å². The maximum Gasteiger partial charge on any atom is 0.257 e. The van der Waals surface area contributed by atoms with E-state index in [9.17, 15) is 4.79 Å². The van der Waals surface area contributed by atoms with Crippen molar-refractivity contribution >= 4 is 5.91 Å². The maximum atomic E-state index is 12.5. The Labute approximate surface area is 113 Å². The molecule has 6 nitrogen and oxygen atoms in total. The van der Waals surface area contributed by atoms with Gasteiger partial charge in [-0.1, -0.05) is 0 Å². The van der Waals surface area contributed by atoms with E-state index in [1.807, 2.05) is 20.9 Å². The van der Waals surface area contributed by atoms with Crippen molar-refractivity contribution in [2.24, 2.45) is 7.05 Å². The largest absolute Gasteiger partial charge is 0.383 e. The van der Waals surface area contributed by atoms with Gasteiger partial charge in [-0.2, -0.15) is 10.4 Å². The summed E-state index contributed by atoms with van der Waals surface area (Å²) in [5.41, 5.74) is 2.17. The van der Waals surface area contributed by atoms with Gasteiger partial charge in [0.05, 0.1) is 30.4 Å². The van der Waals surface area contributed by atoms with Crippen LogP contribution in [0, 0.1) is 25.2 Å². The van der Waals surface area contributed by atoms with Gasteiger partial charge in [-0.15, -0.1) is 0 Å². The highest BCUT2D eigenvalue weighted by atomic mass is 16.5. The van der Waals surface area contributed by atoms with Crippen molar-refractivity contribution in [3.63, 3.8) is 0 Å². The third-order valence-electron chi connectivity index (χ3n) is 3.07. The first-order valence-electron chi connectivity index (χ1n) is 6.18. The SMILES string of the molecule is COCCN(CCC#N)C(=O)c1c(C)nn(C)c1C. The van der Waals surface area contributed by atoms with Crippen molar-refractivity contribution < 1.29 is 9.53 Å². The second-order valence-electron chi connectivity index (χ2n) is 4.36. The van der Waals surface area contributed by atoms with Crippen molar-refractivity contribution in [3.8, 4) is 6.07 Å². The van der Waals surface area contributed by atoms with Gasteiger partial charge < -0.3 is 9.64 Å². The minimum Gasteiger partial charge on any atom is -0.383 e. The predicted octanol–water partition coefficient (Wildman–Crippen LogP) is 1.04. The minimum absolute atomic E-state index is 0.0876. The van der Waals surface area contributed by atoms with Gasteiger partial charge in [0.15, 0.2) is 0 Å². The van der Waals surface area contributed by atoms with Gasteiger partial charge in [0.25, 0.3) is 5.91 Å². The van der Waals surface area contributed by atoms with E-state index in [1.54, 1.807) is 16.7 Å². The van der Waals surface area contributed by atoms with Gasteiger partial charge in [-0.3, -0.25) is 9.48 Å². The van der Waals surface area contributed by atoms with E-state index < -0.39 is 0 Å². The van der Waals surface area contributed by atoms with Crippen molar-refractivity contribution in [1.29, 1.82) is 5.26 Å². The number of hydrogen-bond acceptors (Lipinski definition) is 4. The Balaban J connectivity index is 2.94. The van der Waals surface area contributed by atoms with Crippen LogP contribution >= 0.6 is 0 Å². The standard InChI is InChI=1S/C13H20N4O2/c1-10-12(11(2)16(3)15-10)13(18)17(7-5-6-14)8-9-19-4/h5,7-9H2,1-4H3. The molecule has 1 aromatic heterocycles. The highest BCUT2D eigenvalue weighted by Crippen LogP contribution is 2.15. The molecule has 0 bridgehead atoms. The van der Waals surface area contributed by atoms with Crippen molar-refractivity contribution in [2.45, 2.75) is 20.3 Å². The summed E-state index contributed by atoms with van der Waals surface area (Å²) in [6.45, 7) is 5.03. The Hall–Kier alpha value is -1.87. The molecule has 1 amide bonds. The van der Waals surface area contributed by atoms with Gasteiger partial charge in [-0.25, -0.2) is 0 Å². The summed E-state index contributed by atoms with van der Waals surface area (Å²) < 4.78 is 6.70. The fraction of sp³-hybridized carbons (Fsp3) is 0.615. The molecule has 1 rings (SSSR count). The van der Waals surface area contributed by atoms with Crippen LogP contribution in [0.5, 0.6) is 0 Å². The van der Waals surface area contributed by atoms with Crippen LogP contribution < -0.4 is 0 Å². The van der Waals surface area contributed by atoms with Gasteiger partial charge >= 0.3 is 0 Å². The molecule has 0 saturated carbocycles. The molecule has 0 aliphatic carbocycles. The summed E-state index contributed by atoms with van der Waals surface area (Å²) in [6.07, 6.45) is 0.313. The lowest BCUT2D eigenvalue weighted by Crippen LogP contribution is -2.35.